The molecular formula is C12H12N2O5S. The first-order valence-corrected chi connectivity index (χ1v) is 6.49. The van der Waals surface area contributed by atoms with Gasteiger partial charge in [0.1, 0.15) is 0 Å². The van der Waals surface area contributed by atoms with Crippen molar-refractivity contribution in [3.05, 3.63) is 33.9 Å². The second kappa shape index (κ2) is 5.49. The van der Waals surface area contributed by atoms with E-state index < -0.39 is 10.9 Å². The molecule has 1 saturated heterocycles. The van der Waals surface area contributed by atoms with Crippen LogP contribution in [0.5, 0.6) is 0 Å². The largest absolute Gasteiger partial charge is 0.478 e. The zero-order valence-corrected chi connectivity index (χ0v) is 11.2. The zero-order valence-electron chi connectivity index (χ0n) is 10.4. The van der Waals surface area contributed by atoms with Gasteiger partial charge in [-0.2, -0.15) is 12.6 Å². The Balaban J connectivity index is 2.43. The third-order valence-corrected chi connectivity index (χ3v) is 3.65. The van der Waals surface area contributed by atoms with Gasteiger partial charge in [-0.25, -0.2) is 4.79 Å². The number of rotatable bonds is 4. The van der Waals surface area contributed by atoms with Crippen LogP contribution < -0.4 is 4.90 Å². The number of non-ortho nitro benzene ring substituents is 1. The van der Waals surface area contributed by atoms with Gasteiger partial charge < -0.3 is 10.0 Å². The van der Waals surface area contributed by atoms with Crippen LogP contribution in [-0.2, 0) is 4.79 Å². The normalized spacial score (nSPS) is 18.4. The average molecular weight is 296 g/mol. The lowest BCUT2D eigenvalue weighted by atomic mass is 10.1. The standard InChI is InChI=1S/C12H12N2O5S/c15-11-1-7(6-20)5-13(11)9-2-8(12(16)17)3-10(4-9)14(18)19/h2-4,7,20H,1,5-6H2,(H,16,17). The Kier molecular flexibility index (Phi) is 3.93. The van der Waals surface area contributed by atoms with Gasteiger partial charge >= 0.3 is 5.97 Å². The number of carbonyl (C=O) groups excluding carboxylic acids is 1. The number of anilines is 1. The number of carboxylic acid groups (broad SMARTS) is 1. The summed E-state index contributed by atoms with van der Waals surface area (Å²) in [6, 6.07) is 3.46. The van der Waals surface area contributed by atoms with Gasteiger partial charge in [-0.05, 0) is 17.7 Å². The number of nitrogens with zero attached hydrogens (tertiary/aromatic N) is 2. The molecule has 2 rings (SSSR count). The first-order valence-electron chi connectivity index (χ1n) is 5.86. The monoisotopic (exact) mass is 296 g/mol. The van der Waals surface area contributed by atoms with Crippen molar-refractivity contribution in [2.75, 3.05) is 17.2 Å². The zero-order chi connectivity index (χ0) is 14.9. The molecule has 0 saturated carbocycles. The highest BCUT2D eigenvalue weighted by Crippen LogP contribution is 2.29. The van der Waals surface area contributed by atoms with E-state index in [9.17, 15) is 19.7 Å². The van der Waals surface area contributed by atoms with E-state index in [0.717, 1.165) is 6.07 Å². The van der Waals surface area contributed by atoms with Gasteiger partial charge in [-0.15, -0.1) is 0 Å². The smallest absolute Gasteiger partial charge is 0.336 e. The topological polar surface area (TPSA) is 101 Å². The Morgan fingerprint density at radius 2 is 2.20 bits per heavy atom. The van der Waals surface area contributed by atoms with Crippen molar-refractivity contribution in [1.29, 1.82) is 0 Å². The first kappa shape index (κ1) is 14.3. The van der Waals surface area contributed by atoms with Gasteiger partial charge in [0.15, 0.2) is 0 Å². The minimum Gasteiger partial charge on any atom is -0.478 e. The van der Waals surface area contributed by atoms with Crippen molar-refractivity contribution in [3.8, 4) is 0 Å². The molecule has 1 N–H and O–H groups in total. The second-order valence-electron chi connectivity index (χ2n) is 4.56. The molecule has 0 aliphatic carbocycles. The van der Waals surface area contributed by atoms with Crippen LogP contribution in [0.15, 0.2) is 18.2 Å². The molecule has 0 radical (unpaired) electrons. The number of hydrogen-bond acceptors (Lipinski definition) is 5. The number of hydrogen-bond donors (Lipinski definition) is 2. The molecule has 0 bridgehead atoms. The maximum absolute atomic E-state index is 11.9. The Morgan fingerprint density at radius 1 is 1.50 bits per heavy atom. The fourth-order valence-corrected chi connectivity index (χ4v) is 2.38. The predicted octanol–water partition coefficient (Wildman–Crippen LogP) is 1.58. The molecule has 8 heteroatoms. The molecule has 1 aliphatic heterocycles. The summed E-state index contributed by atoms with van der Waals surface area (Å²) in [5.74, 6) is -0.852. The van der Waals surface area contributed by atoms with Crippen LogP contribution in [0.3, 0.4) is 0 Å². The number of carboxylic acids is 1. The number of benzene rings is 1. The minimum atomic E-state index is -1.27. The van der Waals surface area contributed by atoms with E-state index in [-0.39, 0.29) is 28.8 Å². The van der Waals surface area contributed by atoms with E-state index in [1.807, 2.05) is 0 Å². The lowest BCUT2D eigenvalue weighted by Crippen LogP contribution is -2.25. The van der Waals surface area contributed by atoms with Crippen molar-refractivity contribution < 1.29 is 19.6 Å². The molecule has 1 amide bonds. The highest BCUT2D eigenvalue weighted by molar-refractivity contribution is 7.80. The van der Waals surface area contributed by atoms with Crippen LogP contribution in [0.25, 0.3) is 0 Å². The summed E-state index contributed by atoms with van der Waals surface area (Å²) >= 11 is 4.13. The van der Waals surface area contributed by atoms with E-state index in [2.05, 4.69) is 12.6 Å². The van der Waals surface area contributed by atoms with Crippen molar-refractivity contribution in [2.45, 2.75) is 6.42 Å². The maximum Gasteiger partial charge on any atom is 0.336 e. The lowest BCUT2D eigenvalue weighted by molar-refractivity contribution is -0.384. The average Bonchev–Trinajstić information content (AvgIpc) is 2.79. The summed E-state index contributed by atoms with van der Waals surface area (Å²) in [7, 11) is 0. The summed E-state index contributed by atoms with van der Waals surface area (Å²) in [6.07, 6.45) is 0.314. The highest BCUT2D eigenvalue weighted by atomic mass is 32.1. The van der Waals surface area contributed by atoms with Crippen LogP contribution in [0.2, 0.25) is 0 Å². The summed E-state index contributed by atoms with van der Waals surface area (Å²) < 4.78 is 0. The molecule has 1 unspecified atom stereocenters. The Bertz CT molecular complexity index is 557. The Hall–Kier alpha value is -2.09. The van der Waals surface area contributed by atoms with Crippen LogP contribution >= 0.6 is 12.6 Å². The number of amides is 1. The molecule has 1 aromatic carbocycles. The number of thiol groups is 1. The molecule has 1 aromatic rings. The molecule has 1 heterocycles. The highest BCUT2D eigenvalue weighted by Gasteiger charge is 2.31. The second-order valence-corrected chi connectivity index (χ2v) is 4.92. The van der Waals surface area contributed by atoms with Crippen molar-refractivity contribution in [1.82, 2.24) is 0 Å². The lowest BCUT2D eigenvalue weighted by Gasteiger charge is -2.16. The third kappa shape index (κ3) is 2.74. The third-order valence-electron chi connectivity index (χ3n) is 3.14. The quantitative estimate of drug-likeness (QED) is 0.499. The number of aromatic carboxylic acids is 1. The van der Waals surface area contributed by atoms with Crippen LogP contribution in [0, 0.1) is 16.0 Å². The van der Waals surface area contributed by atoms with Gasteiger partial charge in [-0.3, -0.25) is 14.9 Å². The summed E-state index contributed by atoms with van der Waals surface area (Å²) in [6.45, 7) is 0.391. The van der Waals surface area contributed by atoms with Gasteiger partial charge in [0.2, 0.25) is 5.91 Å². The fourth-order valence-electron chi connectivity index (χ4n) is 2.13. The summed E-state index contributed by atoms with van der Waals surface area (Å²) in [5.41, 5.74) is -0.316. The van der Waals surface area contributed by atoms with Crippen LogP contribution in [-0.4, -0.2) is 34.2 Å². The van der Waals surface area contributed by atoms with Crippen LogP contribution in [0.4, 0.5) is 11.4 Å². The molecule has 0 aromatic heterocycles. The molecule has 20 heavy (non-hydrogen) atoms. The Labute approximate surface area is 119 Å². The van der Waals surface area contributed by atoms with E-state index >= 15 is 0 Å². The molecular weight excluding hydrogens is 284 g/mol. The number of carbonyl (C=O) groups is 2. The van der Waals surface area contributed by atoms with Gasteiger partial charge in [0.25, 0.3) is 5.69 Å². The molecule has 1 fully saturated rings. The molecule has 106 valence electrons. The first-order chi connectivity index (χ1) is 9.42. The predicted molar refractivity (Wildman–Crippen MR) is 74.4 cm³/mol. The maximum atomic E-state index is 11.9. The molecule has 0 spiro atoms. The molecule has 1 atom stereocenters. The van der Waals surface area contributed by atoms with Crippen LogP contribution in [0.1, 0.15) is 16.8 Å². The number of nitro benzene ring substituents is 1. The SMILES string of the molecule is O=C(O)c1cc(N2CC(CS)CC2=O)cc([N+](=O)[O-])c1. The van der Waals surface area contributed by atoms with E-state index in [4.69, 9.17) is 5.11 Å². The van der Waals surface area contributed by atoms with Gasteiger partial charge in [0, 0.05) is 25.1 Å². The Morgan fingerprint density at radius 3 is 2.70 bits per heavy atom. The fraction of sp³-hybridized carbons (Fsp3) is 0.333. The minimum absolute atomic E-state index is 0.0679. The number of nitro groups is 1. The van der Waals surface area contributed by atoms with Gasteiger partial charge in [-0.1, -0.05) is 0 Å². The summed E-state index contributed by atoms with van der Waals surface area (Å²) in [4.78, 5) is 34.4. The van der Waals surface area contributed by atoms with Crippen molar-refractivity contribution >= 4 is 35.9 Å². The molecule has 7 nitrogen and oxygen atoms in total. The van der Waals surface area contributed by atoms with Crippen molar-refractivity contribution in [3.63, 3.8) is 0 Å². The molecule has 1 aliphatic rings. The van der Waals surface area contributed by atoms with Crippen molar-refractivity contribution in [2.24, 2.45) is 5.92 Å². The van der Waals surface area contributed by atoms with E-state index in [0.29, 0.717) is 18.7 Å². The van der Waals surface area contributed by atoms with E-state index in [1.165, 1.54) is 17.0 Å². The van der Waals surface area contributed by atoms with E-state index in [1.54, 1.807) is 0 Å². The summed E-state index contributed by atoms with van der Waals surface area (Å²) in [5, 5.41) is 19.8. The van der Waals surface area contributed by atoms with Gasteiger partial charge in [0.05, 0.1) is 16.2 Å².